The molecule has 8 heteroatoms. The van der Waals surface area contributed by atoms with Crippen LogP contribution in [0.3, 0.4) is 0 Å². The predicted octanol–water partition coefficient (Wildman–Crippen LogP) is 4.29. The van der Waals surface area contributed by atoms with Crippen molar-refractivity contribution in [2.45, 2.75) is 6.18 Å². The number of anilines is 1. The Labute approximate surface area is 137 Å². The van der Waals surface area contributed by atoms with Gasteiger partial charge in [0, 0.05) is 4.88 Å². The molecule has 0 N–H and O–H groups in total. The molecule has 1 aromatic heterocycles. The highest BCUT2D eigenvalue weighted by Gasteiger charge is 2.40. The molecular weight excluding hydrogens is 351 g/mol. The lowest BCUT2D eigenvalue weighted by Crippen LogP contribution is -2.31. The van der Waals surface area contributed by atoms with Gasteiger partial charge in [-0.3, -0.25) is 9.59 Å². The summed E-state index contributed by atoms with van der Waals surface area (Å²) >= 11 is 7.15. The fraction of sp³-hybridized carbons (Fsp3) is 0.0667. The van der Waals surface area contributed by atoms with E-state index in [0.29, 0.717) is 9.78 Å². The molecule has 2 aromatic rings. The van der Waals surface area contributed by atoms with Crippen LogP contribution in [-0.4, -0.2) is 11.8 Å². The number of benzene rings is 1. The molecule has 2 heterocycles. The standard InChI is InChI=1S/C15H7ClF3NO2S/c16-12-11(10-5-2-6-23-10)13(21)20(14(12)22)9-4-1-3-8(7-9)15(17,18)19/h1-7H. The van der Waals surface area contributed by atoms with Crippen LogP contribution in [0.25, 0.3) is 5.57 Å². The van der Waals surface area contributed by atoms with Gasteiger partial charge in [-0.2, -0.15) is 13.2 Å². The van der Waals surface area contributed by atoms with E-state index in [-0.39, 0.29) is 16.3 Å². The molecule has 0 aliphatic carbocycles. The van der Waals surface area contributed by atoms with Crippen molar-refractivity contribution < 1.29 is 22.8 Å². The molecule has 0 spiro atoms. The zero-order valence-electron chi connectivity index (χ0n) is 11.2. The van der Waals surface area contributed by atoms with Crippen LogP contribution in [0, 0.1) is 0 Å². The summed E-state index contributed by atoms with van der Waals surface area (Å²) < 4.78 is 38.4. The lowest BCUT2D eigenvalue weighted by atomic mass is 10.1. The summed E-state index contributed by atoms with van der Waals surface area (Å²) in [6.07, 6.45) is -4.57. The maximum atomic E-state index is 12.8. The topological polar surface area (TPSA) is 37.4 Å². The van der Waals surface area contributed by atoms with Gasteiger partial charge in [-0.15, -0.1) is 11.3 Å². The third-order valence-electron chi connectivity index (χ3n) is 3.23. The summed E-state index contributed by atoms with van der Waals surface area (Å²) in [4.78, 5) is 25.8. The number of alkyl halides is 3. The number of imide groups is 1. The molecular formula is C15H7ClF3NO2S. The fourth-order valence-corrected chi connectivity index (χ4v) is 3.28. The van der Waals surface area contributed by atoms with E-state index in [2.05, 4.69) is 0 Å². The van der Waals surface area contributed by atoms with E-state index < -0.39 is 23.6 Å². The van der Waals surface area contributed by atoms with Gasteiger partial charge in [0.15, 0.2) is 0 Å². The molecule has 0 atom stereocenters. The van der Waals surface area contributed by atoms with Crippen molar-refractivity contribution in [3.8, 4) is 0 Å². The summed E-state index contributed by atoms with van der Waals surface area (Å²) in [6.45, 7) is 0. The minimum Gasteiger partial charge on any atom is -0.268 e. The minimum absolute atomic E-state index is 0.00378. The van der Waals surface area contributed by atoms with Crippen LogP contribution in [0.2, 0.25) is 0 Å². The lowest BCUT2D eigenvalue weighted by molar-refractivity contribution is -0.137. The van der Waals surface area contributed by atoms with Crippen LogP contribution < -0.4 is 4.90 Å². The highest BCUT2D eigenvalue weighted by atomic mass is 35.5. The number of hydrogen-bond acceptors (Lipinski definition) is 3. The van der Waals surface area contributed by atoms with Crippen LogP contribution >= 0.6 is 22.9 Å². The average molecular weight is 358 g/mol. The molecule has 0 fully saturated rings. The SMILES string of the molecule is O=C1C(Cl)=C(c2cccs2)C(=O)N1c1cccc(C(F)(F)F)c1. The quantitative estimate of drug-likeness (QED) is 0.752. The number of hydrogen-bond donors (Lipinski definition) is 0. The Morgan fingerprint density at radius 3 is 2.39 bits per heavy atom. The lowest BCUT2D eigenvalue weighted by Gasteiger charge is -2.16. The van der Waals surface area contributed by atoms with Crippen LogP contribution in [0.1, 0.15) is 10.4 Å². The van der Waals surface area contributed by atoms with Gasteiger partial charge >= 0.3 is 6.18 Å². The molecule has 118 valence electrons. The van der Waals surface area contributed by atoms with Gasteiger partial charge in [-0.05, 0) is 29.6 Å². The first-order valence-electron chi connectivity index (χ1n) is 6.30. The molecule has 2 amide bonds. The molecule has 3 nitrogen and oxygen atoms in total. The Kier molecular flexibility index (Phi) is 3.77. The number of carbonyl (C=O) groups is 2. The Bertz CT molecular complexity index is 827. The Balaban J connectivity index is 2.04. The van der Waals surface area contributed by atoms with Crippen molar-refractivity contribution in [3.63, 3.8) is 0 Å². The number of rotatable bonds is 2. The Morgan fingerprint density at radius 2 is 1.78 bits per heavy atom. The first kappa shape index (κ1) is 15.8. The Morgan fingerprint density at radius 1 is 1.04 bits per heavy atom. The van der Waals surface area contributed by atoms with Crippen molar-refractivity contribution in [3.05, 3.63) is 57.3 Å². The maximum absolute atomic E-state index is 12.8. The van der Waals surface area contributed by atoms with E-state index in [0.717, 1.165) is 18.2 Å². The van der Waals surface area contributed by atoms with Gasteiger partial charge in [-0.25, -0.2) is 4.90 Å². The molecule has 1 aliphatic rings. The average Bonchev–Trinajstić information content (AvgIpc) is 3.07. The van der Waals surface area contributed by atoms with Crippen LogP contribution in [0.15, 0.2) is 46.8 Å². The van der Waals surface area contributed by atoms with E-state index in [1.54, 1.807) is 17.5 Å². The van der Waals surface area contributed by atoms with Crippen LogP contribution in [0.4, 0.5) is 18.9 Å². The van der Waals surface area contributed by atoms with E-state index in [1.165, 1.54) is 17.4 Å². The number of halogens is 4. The molecule has 0 saturated heterocycles. The largest absolute Gasteiger partial charge is 0.416 e. The van der Waals surface area contributed by atoms with E-state index >= 15 is 0 Å². The maximum Gasteiger partial charge on any atom is 0.416 e. The van der Waals surface area contributed by atoms with Crippen molar-refractivity contribution in [2.24, 2.45) is 0 Å². The third-order valence-corrected chi connectivity index (χ3v) is 4.46. The summed E-state index contributed by atoms with van der Waals surface area (Å²) in [5.74, 6) is -1.57. The highest BCUT2D eigenvalue weighted by Crippen LogP contribution is 2.38. The predicted molar refractivity (Wildman–Crippen MR) is 81.0 cm³/mol. The van der Waals surface area contributed by atoms with Gasteiger partial charge in [0.1, 0.15) is 5.03 Å². The second kappa shape index (κ2) is 5.50. The monoisotopic (exact) mass is 357 g/mol. The molecule has 1 aliphatic heterocycles. The van der Waals surface area contributed by atoms with Crippen molar-refractivity contribution in [1.82, 2.24) is 0 Å². The van der Waals surface area contributed by atoms with Gasteiger partial charge in [0.2, 0.25) is 0 Å². The minimum atomic E-state index is -4.57. The Hall–Kier alpha value is -2.12. The molecule has 0 saturated carbocycles. The molecule has 0 bridgehead atoms. The zero-order valence-corrected chi connectivity index (χ0v) is 12.8. The molecule has 0 unspecified atom stereocenters. The zero-order chi connectivity index (χ0) is 16.8. The highest BCUT2D eigenvalue weighted by molar-refractivity contribution is 7.11. The third kappa shape index (κ3) is 2.66. The molecule has 1 aromatic carbocycles. The number of nitrogens with zero attached hydrogens (tertiary/aromatic N) is 1. The first-order valence-corrected chi connectivity index (χ1v) is 7.56. The molecule has 0 radical (unpaired) electrons. The van der Waals surface area contributed by atoms with E-state index in [4.69, 9.17) is 11.6 Å². The molecule has 3 rings (SSSR count). The summed E-state index contributed by atoms with van der Waals surface area (Å²) in [7, 11) is 0. The van der Waals surface area contributed by atoms with Gasteiger partial charge in [0.05, 0.1) is 16.8 Å². The molecule has 23 heavy (non-hydrogen) atoms. The van der Waals surface area contributed by atoms with Crippen molar-refractivity contribution in [1.29, 1.82) is 0 Å². The van der Waals surface area contributed by atoms with Gasteiger partial charge in [-0.1, -0.05) is 23.7 Å². The number of thiophene rings is 1. The van der Waals surface area contributed by atoms with Crippen LogP contribution in [0.5, 0.6) is 0 Å². The second-order valence-corrected chi connectivity index (χ2v) is 5.99. The smallest absolute Gasteiger partial charge is 0.268 e. The number of amides is 2. The van der Waals surface area contributed by atoms with E-state index in [9.17, 15) is 22.8 Å². The summed E-state index contributed by atoms with van der Waals surface area (Å²) in [5.41, 5.74) is -1.11. The van der Waals surface area contributed by atoms with Crippen molar-refractivity contribution in [2.75, 3.05) is 4.90 Å². The van der Waals surface area contributed by atoms with Gasteiger partial charge in [0.25, 0.3) is 11.8 Å². The first-order chi connectivity index (χ1) is 10.8. The second-order valence-electron chi connectivity index (χ2n) is 4.66. The summed E-state index contributed by atoms with van der Waals surface area (Å²) in [5, 5.41) is 1.41. The van der Waals surface area contributed by atoms with E-state index in [1.807, 2.05) is 0 Å². The van der Waals surface area contributed by atoms with Crippen molar-refractivity contribution >= 4 is 46.0 Å². The van der Waals surface area contributed by atoms with Crippen LogP contribution in [-0.2, 0) is 15.8 Å². The van der Waals surface area contributed by atoms with Gasteiger partial charge < -0.3 is 0 Å². The summed E-state index contributed by atoms with van der Waals surface area (Å²) in [6, 6.07) is 7.30. The number of carbonyl (C=O) groups excluding carboxylic acids is 2. The normalized spacial score (nSPS) is 15.7. The fourth-order valence-electron chi connectivity index (χ4n) is 2.19.